The second kappa shape index (κ2) is 7.14. The first-order valence-electron chi connectivity index (χ1n) is 8.26. The average Bonchev–Trinajstić information content (AvgIpc) is 3.34. The second-order valence-corrected chi connectivity index (χ2v) is 5.80. The maximum Gasteiger partial charge on any atom is 0.287 e. The van der Waals surface area contributed by atoms with Crippen molar-refractivity contribution in [2.45, 2.75) is 13.1 Å². The van der Waals surface area contributed by atoms with Crippen molar-refractivity contribution in [1.29, 1.82) is 0 Å². The highest BCUT2D eigenvalue weighted by Gasteiger charge is 2.13. The Bertz CT molecular complexity index is 1010. The minimum atomic E-state index is -0.277. The zero-order valence-corrected chi connectivity index (χ0v) is 13.9. The molecular formula is C20H17N3O3. The summed E-state index contributed by atoms with van der Waals surface area (Å²) in [5, 5.41) is 6.95. The van der Waals surface area contributed by atoms with Gasteiger partial charge >= 0.3 is 0 Å². The van der Waals surface area contributed by atoms with Crippen LogP contribution in [0.5, 0.6) is 0 Å². The molecule has 1 aromatic carbocycles. The van der Waals surface area contributed by atoms with E-state index in [1.54, 1.807) is 30.7 Å². The number of pyridine rings is 1. The first kappa shape index (κ1) is 16.0. The molecule has 4 aromatic rings. The number of furan rings is 2. The largest absolute Gasteiger partial charge is 0.467 e. The number of rotatable bonds is 6. The molecule has 0 saturated heterocycles. The fourth-order valence-electron chi connectivity index (χ4n) is 2.63. The average molecular weight is 347 g/mol. The number of nitrogens with one attached hydrogen (secondary N) is 2. The van der Waals surface area contributed by atoms with E-state index in [1.807, 2.05) is 36.4 Å². The molecule has 6 heteroatoms. The molecule has 0 aliphatic carbocycles. The van der Waals surface area contributed by atoms with Crippen molar-refractivity contribution in [3.8, 4) is 0 Å². The van der Waals surface area contributed by atoms with Gasteiger partial charge in [0.15, 0.2) is 5.76 Å². The summed E-state index contributed by atoms with van der Waals surface area (Å²) in [5.74, 6) is 0.685. The molecule has 6 nitrogen and oxygen atoms in total. The van der Waals surface area contributed by atoms with Crippen molar-refractivity contribution in [3.05, 3.63) is 84.3 Å². The number of hydrogen-bond donors (Lipinski definition) is 2. The van der Waals surface area contributed by atoms with Gasteiger partial charge in [0.2, 0.25) is 0 Å². The van der Waals surface area contributed by atoms with Gasteiger partial charge in [-0.15, -0.1) is 0 Å². The van der Waals surface area contributed by atoms with E-state index in [0.717, 1.165) is 16.8 Å². The minimum absolute atomic E-state index is 0.272. The van der Waals surface area contributed by atoms with E-state index < -0.39 is 0 Å². The van der Waals surface area contributed by atoms with Crippen LogP contribution in [0.25, 0.3) is 11.0 Å². The van der Waals surface area contributed by atoms with E-state index in [4.69, 9.17) is 8.83 Å². The monoisotopic (exact) mass is 347 g/mol. The third-order valence-corrected chi connectivity index (χ3v) is 3.94. The number of benzene rings is 1. The topological polar surface area (TPSA) is 80.3 Å². The van der Waals surface area contributed by atoms with Gasteiger partial charge in [-0.3, -0.25) is 9.78 Å². The van der Waals surface area contributed by atoms with Crippen LogP contribution in [0.3, 0.4) is 0 Å². The van der Waals surface area contributed by atoms with Gasteiger partial charge in [0.25, 0.3) is 5.91 Å². The van der Waals surface area contributed by atoms with Crippen molar-refractivity contribution in [2.24, 2.45) is 0 Å². The zero-order chi connectivity index (χ0) is 17.8. The van der Waals surface area contributed by atoms with E-state index in [1.165, 1.54) is 0 Å². The zero-order valence-electron chi connectivity index (χ0n) is 13.9. The van der Waals surface area contributed by atoms with Crippen LogP contribution in [-0.4, -0.2) is 10.9 Å². The Morgan fingerprint density at radius 3 is 2.81 bits per heavy atom. The molecule has 3 heterocycles. The molecule has 3 aromatic heterocycles. The van der Waals surface area contributed by atoms with Crippen molar-refractivity contribution < 1.29 is 13.6 Å². The van der Waals surface area contributed by atoms with E-state index in [-0.39, 0.29) is 11.7 Å². The molecule has 4 rings (SSSR count). The summed E-state index contributed by atoms with van der Waals surface area (Å²) in [6.07, 6.45) is 3.34. The van der Waals surface area contributed by atoms with E-state index in [0.29, 0.717) is 24.4 Å². The number of carbonyl (C=O) groups excluding carboxylic acids is 1. The minimum Gasteiger partial charge on any atom is -0.467 e. The number of carbonyl (C=O) groups is 1. The van der Waals surface area contributed by atoms with Gasteiger partial charge in [0.1, 0.15) is 11.3 Å². The molecule has 0 radical (unpaired) electrons. The maximum atomic E-state index is 12.2. The number of hydrogen-bond acceptors (Lipinski definition) is 5. The Kier molecular flexibility index (Phi) is 4.38. The van der Waals surface area contributed by atoms with Crippen molar-refractivity contribution in [1.82, 2.24) is 10.3 Å². The maximum absolute atomic E-state index is 12.2. The number of nitrogens with zero attached hydrogens (tertiary/aromatic N) is 1. The number of anilines is 1. The summed E-state index contributed by atoms with van der Waals surface area (Å²) in [5.41, 5.74) is 2.56. The van der Waals surface area contributed by atoms with Crippen LogP contribution in [0, 0.1) is 0 Å². The smallest absolute Gasteiger partial charge is 0.287 e. The van der Waals surface area contributed by atoms with Crippen LogP contribution in [0.15, 0.2) is 75.9 Å². The normalized spacial score (nSPS) is 10.8. The van der Waals surface area contributed by atoms with Crippen molar-refractivity contribution in [3.63, 3.8) is 0 Å². The molecular weight excluding hydrogens is 330 g/mol. The first-order chi connectivity index (χ1) is 12.8. The fourth-order valence-corrected chi connectivity index (χ4v) is 2.63. The van der Waals surface area contributed by atoms with Crippen molar-refractivity contribution in [2.75, 3.05) is 5.32 Å². The first-order valence-corrected chi connectivity index (χ1v) is 8.26. The summed E-state index contributed by atoms with van der Waals surface area (Å²) >= 11 is 0. The van der Waals surface area contributed by atoms with E-state index in [9.17, 15) is 4.79 Å². The van der Waals surface area contributed by atoms with Gasteiger partial charge < -0.3 is 19.5 Å². The van der Waals surface area contributed by atoms with Gasteiger partial charge in [0, 0.05) is 17.3 Å². The van der Waals surface area contributed by atoms with Crippen molar-refractivity contribution >= 4 is 22.6 Å². The van der Waals surface area contributed by atoms with Gasteiger partial charge in [-0.05, 0) is 48.5 Å². The standard InChI is InChI=1S/C20H17N3O3/c24-20(23-13-17-5-3-9-25-17)19-11-14-10-15(6-7-18(14)26-19)22-12-16-4-1-2-8-21-16/h1-11,22H,12-13H2,(H,23,24). The molecule has 0 atom stereocenters. The Labute approximate surface area is 149 Å². The number of aromatic nitrogens is 1. The molecule has 0 bridgehead atoms. The van der Waals surface area contributed by atoms with Crippen LogP contribution < -0.4 is 10.6 Å². The number of fused-ring (bicyclic) bond motifs is 1. The molecule has 2 N–H and O–H groups in total. The molecule has 0 unspecified atom stereocenters. The third-order valence-electron chi connectivity index (χ3n) is 3.94. The summed E-state index contributed by atoms with van der Waals surface area (Å²) in [7, 11) is 0. The lowest BCUT2D eigenvalue weighted by atomic mass is 10.2. The number of amides is 1. The Hall–Kier alpha value is -3.54. The molecule has 0 saturated carbocycles. The summed E-state index contributed by atoms with van der Waals surface area (Å²) < 4.78 is 10.8. The Morgan fingerprint density at radius 1 is 1.04 bits per heavy atom. The SMILES string of the molecule is O=C(NCc1ccco1)c1cc2cc(NCc3ccccn3)ccc2o1. The fraction of sp³-hybridized carbons (Fsp3) is 0.100. The predicted octanol–water partition coefficient (Wildman–Crippen LogP) is 3.96. The van der Waals surface area contributed by atoms with Crippen LogP contribution in [0.1, 0.15) is 22.0 Å². The van der Waals surface area contributed by atoms with Crippen LogP contribution >= 0.6 is 0 Å². The van der Waals surface area contributed by atoms with Crippen LogP contribution in [0.2, 0.25) is 0 Å². The van der Waals surface area contributed by atoms with Gasteiger partial charge in [-0.25, -0.2) is 0 Å². The summed E-state index contributed by atoms with van der Waals surface area (Å²) in [6, 6.07) is 16.8. The van der Waals surface area contributed by atoms with Gasteiger partial charge in [-0.1, -0.05) is 6.07 Å². The van der Waals surface area contributed by atoms with Crippen LogP contribution in [0.4, 0.5) is 5.69 Å². The lowest BCUT2D eigenvalue weighted by Crippen LogP contribution is -2.21. The molecule has 0 fully saturated rings. The highest BCUT2D eigenvalue weighted by Crippen LogP contribution is 2.23. The highest BCUT2D eigenvalue weighted by atomic mass is 16.3. The molecule has 1 amide bonds. The summed E-state index contributed by atoms with van der Waals surface area (Å²) in [6.45, 7) is 0.945. The quantitative estimate of drug-likeness (QED) is 0.552. The second-order valence-electron chi connectivity index (χ2n) is 5.80. The molecule has 0 spiro atoms. The van der Waals surface area contributed by atoms with Crippen LogP contribution in [-0.2, 0) is 13.1 Å². The van der Waals surface area contributed by atoms with Gasteiger partial charge in [-0.2, -0.15) is 0 Å². The lowest BCUT2D eigenvalue weighted by molar-refractivity contribution is 0.0922. The lowest BCUT2D eigenvalue weighted by Gasteiger charge is -2.05. The van der Waals surface area contributed by atoms with E-state index in [2.05, 4.69) is 15.6 Å². The highest BCUT2D eigenvalue weighted by molar-refractivity contribution is 5.96. The molecule has 0 aliphatic rings. The predicted molar refractivity (Wildman–Crippen MR) is 97.7 cm³/mol. The Balaban J connectivity index is 1.44. The molecule has 0 aliphatic heterocycles. The molecule has 130 valence electrons. The summed E-state index contributed by atoms with van der Waals surface area (Å²) in [4.78, 5) is 16.5. The van der Waals surface area contributed by atoms with Gasteiger partial charge in [0.05, 0.1) is 25.0 Å². The molecule has 26 heavy (non-hydrogen) atoms. The van der Waals surface area contributed by atoms with E-state index >= 15 is 0 Å². The Morgan fingerprint density at radius 2 is 2.00 bits per heavy atom. The third kappa shape index (κ3) is 3.59.